The average Bonchev–Trinajstić information content (AvgIpc) is 2.30. The quantitative estimate of drug-likeness (QED) is 0.787. The van der Waals surface area contributed by atoms with Crippen molar-refractivity contribution in [1.29, 1.82) is 0 Å². The average molecular weight is 208 g/mol. The van der Waals surface area contributed by atoms with Crippen LogP contribution in [0.3, 0.4) is 0 Å². The number of aromatic nitrogens is 2. The van der Waals surface area contributed by atoms with Gasteiger partial charge in [-0.25, -0.2) is 9.78 Å². The van der Waals surface area contributed by atoms with Crippen LogP contribution in [0.4, 0.5) is 0 Å². The number of hydrogen-bond donors (Lipinski definition) is 1. The first-order chi connectivity index (χ1) is 7.27. The van der Waals surface area contributed by atoms with Gasteiger partial charge in [-0.15, -0.1) is 0 Å². The Morgan fingerprint density at radius 3 is 2.80 bits per heavy atom. The van der Waals surface area contributed by atoms with Crippen molar-refractivity contribution in [2.45, 2.75) is 18.8 Å². The van der Waals surface area contributed by atoms with Gasteiger partial charge in [0.2, 0.25) is 0 Å². The molecule has 2 heterocycles. The van der Waals surface area contributed by atoms with Gasteiger partial charge in [0.25, 0.3) is 0 Å². The lowest BCUT2D eigenvalue weighted by Gasteiger charge is -2.21. The van der Waals surface area contributed by atoms with Gasteiger partial charge in [-0.05, 0) is 12.8 Å². The molecular formula is C10H12N2O3. The van der Waals surface area contributed by atoms with E-state index in [9.17, 15) is 4.79 Å². The fraction of sp³-hybridized carbons (Fsp3) is 0.500. The molecule has 1 N–H and O–H groups in total. The van der Waals surface area contributed by atoms with Crippen LogP contribution in [0.15, 0.2) is 12.4 Å². The second-order valence-corrected chi connectivity index (χ2v) is 3.52. The second kappa shape index (κ2) is 4.35. The largest absolute Gasteiger partial charge is 0.476 e. The van der Waals surface area contributed by atoms with Crippen LogP contribution in [0.1, 0.15) is 34.9 Å². The molecule has 0 saturated carbocycles. The van der Waals surface area contributed by atoms with E-state index in [1.165, 1.54) is 6.20 Å². The molecule has 1 aromatic heterocycles. The van der Waals surface area contributed by atoms with Crippen LogP contribution in [0.5, 0.6) is 0 Å². The van der Waals surface area contributed by atoms with Crippen LogP contribution in [0.2, 0.25) is 0 Å². The van der Waals surface area contributed by atoms with Crippen LogP contribution in [0, 0.1) is 0 Å². The van der Waals surface area contributed by atoms with Crippen molar-refractivity contribution in [1.82, 2.24) is 9.97 Å². The first-order valence-corrected chi connectivity index (χ1v) is 4.90. The summed E-state index contributed by atoms with van der Waals surface area (Å²) < 4.78 is 5.23. The topological polar surface area (TPSA) is 72.3 Å². The Labute approximate surface area is 87.1 Å². The summed E-state index contributed by atoms with van der Waals surface area (Å²) in [7, 11) is 0. The van der Waals surface area contributed by atoms with Gasteiger partial charge in [0.1, 0.15) is 0 Å². The third-order valence-electron chi connectivity index (χ3n) is 2.51. The van der Waals surface area contributed by atoms with Crippen LogP contribution in [-0.2, 0) is 4.74 Å². The fourth-order valence-corrected chi connectivity index (χ4v) is 1.67. The summed E-state index contributed by atoms with van der Waals surface area (Å²) in [5.74, 6) is -0.748. The first-order valence-electron chi connectivity index (χ1n) is 4.90. The van der Waals surface area contributed by atoms with E-state index in [2.05, 4.69) is 9.97 Å². The Morgan fingerprint density at radius 2 is 2.13 bits per heavy atom. The summed E-state index contributed by atoms with van der Waals surface area (Å²) >= 11 is 0. The highest BCUT2D eigenvalue weighted by Crippen LogP contribution is 2.24. The summed E-state index contributed by atoms with van der Waals surface area (Å²) in [5.41, 5.74) is 0.775. The van der Waals surface area contributed by atoms with Crippen LogP contribution < -0.4 is 0 Å². The summed E-state index contributed by atoms with van der Waals surface area (Å²) in [4.78, 5) is 18.7. The number of carboxylic acids is 1. The molecule has 0 unspecified atom stereocenters. The standard InChI is InChI=1S/C10H12N2O3/c13-10(14)9-6-11-5-8(12-9)7-1-3-15-4-2-7/h5-7H,1-4H2,(H,13,14). The minimum atomic E-state index is -1.03. The maximum absolute atomic E-state index is 10.7. The Hall–Kier alpha value is -1.49. The predicted octanol–water partition coefficient (Wildman–Crippen LogP) is 1.07. The summed E-state index contributed by atoms with van der Waals surface area (Å²) in [5, 5.41) is 8.78. The van der Waals surface area contributed by atoms with E-state index in [4.69, 9.17) is 9.84 Å². The lowest BCUT2D eigenvalue weighted by Crippen LogP contribution is -2.16. The highest BCUT2D eigenvalue weighted by atomic mass is 16.5. The number of hydrogen-bond acceptors (Lipinski definition) is 4. The molecule has 1 aliphatic heterocycles. The molecule has 15 heavy (non-hydrogen) atoms. The molecule has 5 heteroatoms. The number of aromatic carboxylic acids is 1. The van der Waals surface area contributed by atoms with Gasteiger partial charge in [0.15, 0.2) is 5.69 Å². The zero-order chi connectivity index (χ0) is 10.7. The second-order valence-electron chi connectivity index (χ2n) is 3.52. The lowest BCUT2D eigenvalue weighted by molar-refractivity contribution is 0.0688. The number of rotatable bonds is 2. The zero-order valence-corrected chi connectivity index (χ0v) is 8.22. The van der Waals surface area contributed by atoms with Gasteiger partial charge in [0.05, 0.1) is 11.9 Å². The van der Waals surface area contributed by atoms with Crippen LogP contribution >= 0.6 is 0 Å². The summed E-state index contributed by atoms with van der Waals surface area (Å²) in [6.45, 7) is 1.42. The molecule has 5 nitrogen and oxygen atoms in total. The normalized spacial score (nSPS) is 17.6. The highest BCUT2D eigenvalue weighted by molar-refractivity contribution is 5.84. The van der Waals surface area contributed by atoms with Crippen molar-refractivity contribution in [2.75, 3.05) is 13.2 Å². The molecule has 0 radical (unpaired) electrons. The van der Waals surface area contributed by atoms with Crippen molar-refractivity contribution < 1.29 is 14.6 Å². The SMILES string of the molecule is O=C(O)c1cncc(C2CCOCC2)n1. The number of carbonyl (C=O) groups is 1. The summed E-state index contributed by atoms with van der Waals surface area (Å²) in [6, 6.07) is 0. The van der Waals surface area contributed by atoms with Crippen LogP contribution in [0.25, 0.3) is 0 Å². The van der Waals surface area contributed by atoms with E-state index in [0.29, 0.717) is 13.2 Å². The minimum Gasteiger partial charge on any atom is -0.476 e. The predicted molar refractivity (Wildman–Crippen MR) is 51.8 cm³/mol. The van der Waals surface area contributed by atoms with E-state index < -0.39 is 5.97 Å². The Kier molecular flexibility index (Phi) is 2.91. The van der Waals surface area contributed by atoms with Crippen molar-refractivity contribution >= 4 is 5.97 Å². The molecule has 0 bridgehead atoms. The van der Waals surface area contributed by atoms with Crippen molar-refractivity contribution in [3.05, 3.63) is 23.8 Å². The maximum Gasteiger partial charge on any atom is 0.356 e. The lowest BCUT2D eigenvalue weighted by atomic mass is 9.97. The number of nitrogens with zero attached hydrogens (tertiary/aromatic N) is 2. The molecule has 0 amide bonds. The molecule has 2 rings (SSSR count). The van der Waals surface area contributed by atoms with E-state index in [1.807, 2.05) is 0 Å². The minimum absolute atomic E-state index is 0.0130. The fourth-order valence-electron chi connectivity index (χ4n) is 1.67. The molecule has 0 atom stereocenters. The third kappa shape index (κ3) is 2.30. The molecule has 1 aliphatic rings. The van der Waals surface area contributed by atoms with E-state index >= 15 is 0 Å². The van der Waals surface area contributed by atoms with Crippen LogP contribution in [-0.4, -0.2) is 34.3 Å². The van der Waals surface area contributed by atoms with E-state index in [1.54, 1.807) is 6.20 Å². The maximum atomic E-state index is 10.7. The first kappa shape index (κ1) is 10.0. The zero-order valence-electron chi connectivity index (χ0n) is 8.22. The van der Waals surface area contributed by atoms with Crippen molar-refractivity contribution in [3.63, 3.8) is 0 Å². The smallest absolute Gasteiger partial charge is 0.356 e. The van der Waals surface area contributed by atoms with Gasteiger partial charge in [-0.1, -0.05) is 0 Å². The Bertz CT molecular complexity index is 361. The third-order valence-corrected chi connectivity index (χ3v) is 2.51. The monoisotopic (exact) mass is 208 g/mol. The van der Waals surface area contributed by atoms with Gasteiger partial charge < -0.3 is 9.84 Å². The molecule has 80 valence electrons. The van der Waals surface area contributed by atoms with Gasteiger partial charge >= 0.3 is 5.97 Å². The number of carboxylic acid groups (broad SMARTS) is 1. The molecule has 1 aromatic rings. The van der Waals surface area contributed by atoms with E-state index in [0.717, 1.165) is 18.5 Å². The Morgan fingerprint density at radius 1 is 1.40 bits per heavy atom. The Balaban J connectivity index is 2.19. The summed E-state index contributed by atoms with van der Waals surface area (Å²) in [6.07, 6.45) is 4.68. The van der Waals surface area contributed by atoms with Gasteiger partial charge in [-0.3, -0.25) is 4.98 Å². The molecule has 1 saturated heterocycles. The van der Waals surface area contributed by atoms with Crippen molar-refractivity contribution in [2.24, 2.45) is 0 Å². The molecule has 0 spiro atoms. The molecule has 1 fully saturated rings. The van der Waals surface area contributed by atoms with E-state index in [-0.39, 0.29) is 11.6 Å². The van der Waals surface area contributed by atoms with Gasteiger partial charge in [0, 0.05) is 25.3 Å². The van der Waals surface area contributed by atoms with Crippen molar-refractivity contribution in [3.8, 4) is 0 Å². The molecule has 0 aromatic carbocycles. The van der Waals surface area contributed by atoms with Gasteiger partial charge in [-0.2, -0.15) is 0 Å². The molecule has 0 aliphatic carbocycles. The highest BCUT2D eigenvalue weighted by Gasteiger charge is 2.18. The molecular weight excluding hydrogens is 196 g/mol. The number of ether oxygens (including phenoxy) is 1.